The van der Waals surface area contributed by atoms with Gasteiger partial charge >= 0.3 is 0 Å². The van der Waals surface area contributed by atoms with Gasteiger partial charge in [-0.2, -0.15) is 0 Å². The largest absolute Gasteiger partial charge is 0.481 e. The van der Waals surface area contributed by atoms with E-state index in [-0.39, 0.29) is 10.8 Å². The minimum Gasteiger partial charge on any atom is -0.481 e. The molecule has 7 heteroatoms. The van der Waals surface area contributed by atoms with Gasteiger partial charge in [-0.1, -0.05) is 42.8 Å². The summed E-state index contributed by atoms with van der Waals surface area (Å²) in [5.74, 6) is 0.349. The van der Waals surface area contributed by atoms with E-state index in [0.29, 0.717) is 30.8 Å². The fraction of sp³-hybridized carbons (Fsp3) is 0.240. The minimum atomic E-state index is -3.67. The fourth-order valence-corrected chi connectivity index (χ4v) is 5.22. The van der Waals surface area contributed by atoms with Gasteiger partial charge in [-0.05, 0) is 67.8 Å². The second-order valence-corrected chi connectivity index (χ2v) is 9.66. The monoisotopic (exact) mass is 450 g/mol. The Hall–Kier alpha value is -3.32. The number of para-hydroxylation sites is 1. The highest BCUT2D eigenvalue weighted by atomic mass is 32.2. The first-order valence-electron chi connectivity index (χ1n) is 10.6. The SMILES string of the molecule is CC[C@H](Oc1ccc(C)cc1)C(=O)Nc1ccc(S(=O)(=O)N2CCc3ccccc32)cc1. The van der Waals surface area contributed by atoms with Crippen LogP contribution in [0.1, 0.15) is 24.5 Å². The van der Waals surface area contributed by atoms with E-state index in [4.69, 9.17) is 4.74 Å². The van der Waals surface area contributed by atoms with Crippen molar-refractivity contribution < 1.29 is 17.9 Å². The molecule has 1 atom stereocenters. The van der Waals surface area contributed by atoms with Crippen LogP contribution < -0.4 is 14.4 Å². The quantitative estimate of drug-likeness (QED) is 0.573. The molecule has 1 heterocycles. The number of nitrogens with one attached hydrogen (secondary N) is 1. The number of benzene rings is 3. The lowest BCUT2D eigenvalue weighted by Gasteiger charge is -2.20. The van der Waals surface area contributed by atoms with Crippen molar-refractivity contribution in [2.24, 2.45) is 0 Å². The third-order valence-corrected chi connectivity index (χ3v) is 7.34. The Morgan fingerprint density at radius 2 is 1.72 bits per heavy atom. The van der Waals surface area contributed by atoms with Gasteiger partial charge in [0.05, 0.1) is 10.6 Å². The number of hydrogen-bond donors (Lipinski definition) is 1. The van der Waals surface area contributed by atoms with Crippen molar-refractivity contribution in [3.63, 3.8) is 0 Å². The molecule has 1 aliphatic rings. The number of sulfonamides is 1. The Bertz CT molecular complexity index is 1210. The molecule has 0 unspecified atom stereocenters. The Morgan fingerprint density at radius 1 is 1.03 bits per heavy atom. The summed E-state index contributed by atoms with van der Waals surface area (Å²) in [7, 11) is -3.67. The van der Waals surface area contributed by atoms with E-state index < -0.39 is 16.1 Å². The van der Waals surface area contributed by atoms with Gasteiger partial charge in [-0.15, -0.1) is 0 Å². The van der Waals surface area contributed by atoms with Crippen LogP contribution in [0.2, 0.25) is 0 Å². The van der Waals surface area contributed by atoms with Crippen LogP contribution in [0.4, 0.5) is 11.4 Å². The van der Waals surface area contributed by atoms with Crippen molar-refractivity contribution in [1.29, 1.82) is 0 Å². The van der Waals surface area contributed by atoms with Crippen LogP contribution in [-0.2, 0) is 21.2 Å². The molecule has 0 bridgehead atoms. The van der Waals surface area contributed by atoms with E-state index in [2.05, 4.69) is 5.32 Å². The van der Waals surface area contributed by atoms with E-state index in [0.717, 1.165) is 16.8 Å². The molecule has 0 saturated heterocycles. The zero-order valence-electron chi connectivity index (χ0n) is 18.1. The average molecular weight is 451 g/mol. The van der Waals surface area contributed by atoms with Crippen LogP contribution in [-0.4, -0.2) is 27.0 Å². The Morgan fingerprint density at radius 3 is 2.41 bits per heavy atom. The molecule has 0 fully saturated rings. The van der Waals surface area contributed by atoms with E-state index in [1.165, 1.54) is 16.4 Å². The standard InChI is InChI=1S/C25H26N2O4S/c1-3-24(31-21-12-8-18(2)9-13-21)25(28)26-20-10-14-22(15-11-20)32(29,30)27-17-16-19-6-4-5-7-23(19)27/h4-15,24H,3,16-17H2,1-2H3,(H,26,28)/t24-/m0/s1. The van der Waals surface area contributed by atoms with Crippen molar-refractivity contribution in [3.05, 3.63) is 83.9 Å². The number of carbonyl (C=O) groups excluding carboxylic acids is 1. The summed E-state index contributed by atoms with van der Waals surface area (Å²) in [5.41, 5.74) is 3.38. The molecule has 0 aromatic heterocycles. The third-order valence-electron chi connectivity index (χ3n) is 5.52. The Labute approximate surface area is 188 Å². The van der Waals surface area contributed by atoms with Crippen LogP contribution in [0.5, 0.6) is 5.75 Å². The van der Waals surface area contributed by atoms with Crippen LogP contribution in [0, 0.1) is 6.92 Å². The van der Waals surface area contributed by atoms with Gasteiger partial charge in [-0.25, -0.2) is 8.42 Å². The molecule has 32 heavy (non-hydrogen) atoms. The van der Waals surface area contributed by atoms with Gasteiger partial charge in [0.1, 0.15) is 5.75 Å². The molecule has 166 valence electrons. The number of anilines is 2. The van der Waals surface area contributed by atoms with E-state index in [9.17, 15) is 13.2 Å². The average Bonchev–Trinajstić information content (AvgIpc) is 3.24. The first kappa shape index (κ1) is 21.9. The van der Waals surface area contributed by atoms with Crippen molar-refractivity contribution in [2.75, 3.05) is 16.2 Å². The smallest absolute Gasteiger partial charge is 0.265 e. The second-order valence-electron chi connectivity index (χ2n) is 7.80. The summed E-state index contributed by atoms with van der Waals surface area (Å²) in [4.78, 5) is 12.9. The van der Waals surface area contributed by atoms with Crippen molar-refractivity contribution in [2.45, 2.75) is 37.7 Å². The Balaban J connectivity index is 1.45. The molecule has 3 aromatic rings. The van der Waals surface area contributed by atoms with Gasteiger partial charge in [0.15, 0.2) is 6.10 Å². The summed E-state index contributed by atoms with van der Waals surface area (Å²) in [6.07, 6.45) is 0.547. The predicted octanol–water partition coefficient (Wildman–Crippen LogP) is 4.54. The number of carbonyl (C=O) groups is 1. The first-order valence-corrected chi connectivity index (χ1v) is 12.1. The highest BCUT2D eigenvalue weighted by molar-refractivity contribution is 7.92. The fourth-order valence-electron chi connectivity index (χ4n) is 3.72. The molecule has 0 saturated carbocycles. The Kier molecular flexibility index (Phi) is 6.19. The van der Waals surface area contributed by atoms with Gasteiger partial charge < -0.3 is 10.1 Å². The number of nitrogens with zero attached hydrogens (tertiary/aromatic N) is 1. The lowest BCUT2D eigenvalue weighted by atomic mass is 10.2. The van der Waals surface area contributed by atoms with Crippen LogP contribution in [0.15, 0.2) is 77.7 Å². The number of rotatable bonds is 7. The summed E-state index contributed by atoms with van der Waals surface area (Å²) in [6.45, 7) is 4.29. The predicted molar refractivity (Wildman–Crippen MR) is 126 cm³/mol. The first-order chi connectivity index (χ1) is 15.4. The number of fused-ring (bicyclic) bond motifs is 1. The minimum absolute atomic E-state index is 0.190. The third kappa shape index (κ3) is 4.48. The van der Waals surface area contributed by atoms with Crippen LogP contribution in [0.3, 0.4) is 0 Å². The van der Waals surface area contributed by atoms with Crippen molar-refractivity contribution >= 4 is 27.3 Å². The van der Waals surface area contributed by atoms with Gasteiger partial charge in [-0.3, -0.25) is 9.10 Å². The molecule has 3 aromatic carbocycles. The zero-order chi connectivity index (χ0) is 22.7. The number of hydrogen-bond acceptors (Lipinski definition) is 4. The van der Waals surface area contributed by atoms with Gasteiger partial charge in [0, 0.05) is 12.2 Å². The van der Waals surface area contributed by atoms with Gasteiger partial charge in [0.2, 0.25) is 0 Å². The summed E-state index contributed by atoms with van der Waals surface area (Å²) < 4.78 is 33.5. The molecule has 1 N–H and O–H groups in total. The van der Waals surface area contributed by atoms with Crippen molar-refractivity contribution in [1.82, 2.24) is 0 Å². The lowest BCUT2D eigenvalue weighted by molar-refractivity contribution is -0.122. The molecule has 1 amide bonds. The molecule has 0 aliphatic carbocycles. The lowest BCUT2D eigenvalue weighted by Crippen LogP contribution is -2.32. The van der Waals surface area contributed by atoms with E-state index >= 15 is 0 Å². The highest BCUT2D eigenvalue weighted by Gasteiger charge is 2.30. The number of aryl methyl sites for hydroxylation is 1. The molecule has 1 aliphatic heterocycles. The molecule has 4 rings (SSSR count). The molecular formula is C25H26N2O4S. The summed E-state index contributed by atoms with van der Waals surface area (Å²) in [5, 5.41) is 2.82. The topological polar surface area (TPSA) is 75.7 Å². The maximum Gasteiger partial charge on any atom is 0.265 e. The zero-order valence-corrected chi connectivity index (χ0v) is 18.9. The van der Waals surface area contributed by atoms with Crippen molar-refractivity contribution in [3.8, 4) is 5.75 Å². The number of ether oxygens (including phenoxy) is 1. The second kappa shape index (κ2) is 9.04. The molecule has 0 radical (unpaired) electrons. The molecule has 6 nitrogen and oxygen atoms in total. The maximum absolute atomic E-state index is 13.1. The van der Waals surface area contributed by atoms with E-state index in [1.807, 2.05) is 62.4 Å². The highest BCUT2D eigenvalue weighted by Crippen LogP contribution is 2.32. The molecular weight excluding hydrogens is 424 g/mol. The van der Waals surface area contributed by atoms with E-state index in [1.54, 1.807) is 12.1 Å². The van der Waals surface area contributed by atoms with Crippen LogP contribution in [0.25, 0.3) is 0 Å². The normalized spacial score (nSPS) is 14.0. The van der Waals surface area contributed by atoms with Crippen LogP contribution >= 0.6 is 0 Å². The summed E-state index contributed by atoms with van der Waals surface area (Å²) in [6, 6.07) is 21.3. The number of amides is 1. The summed E-state index contributed by atoms with van der Waals surface area (Å²) >= 11 is 0. The molecule has 0 spiro atoms. The van der Waals surface area contributed by atoms with Gasteiger partial charge in [0.25, 0.3) is 15.9 Å². The maximum atomic E-state index is 13.1.